The molecule has 0 saturated heterocycles. The lowest BCUT2D eigenvalue weighted by Crippen LogP contribution is -2.05. The van der Waals surface area contributed by atoms with Gasteiger partial charge in [-0.25, -0.2) is 0 Å². The highest BCUT2D eigenvalue weighted by atomic mass is 14.2. The summed E-state index contributed by atoms with van der Waals surface area (Å²) in [6, 6.07) is 0. The Morgan fingerprint density at radius 2 is 1.57 bits per heavy atom. The van der Waals surface area contributed by atoms with Gasteiger partial charge in [0.25, 0.3) is 0 Å². The van der Waals surface area contributed by atoms with Gasteiger partial charge in [0.05, 0.1) is 0 Å². The highest BCUT2D eigenvalue weighted by molar-refractivity contribution is 4.62. The van der Waals surface area contributed by atoms with Crippen LogP contribution in [0.2, 0.25) is 0 Å². The van der Waals surface area contributed by atoms with E-state index in [2.05, 4.69) is 27.7 Å². The maximum absolute atomic E-state index is 2.42. The monoisotopic (exact) mass is 198 g/mol. The number of rotatable bonds is 9. The zero-order valence-electron chi connectivity index (χ0n) is 10.8. The second-order valence-corrected chi connectivity index (χ2v) is 4.90. The first-order valence-corrected chi connectivity index (χ1v) is 6.74. The van der Waals surface area contributed by atoms with Crippen molar-refractivity contribution in [2.45, 2.75) is 79.1 Å². The van der Waals surface area contributed by atoms with Crippen molar-refractivity contribution in [3.8, 4) is 0 Å². The lowest BCUT2D eigenvalue weighted by atomic mass is 9.87. The Balaban J connectivity index is 3.55. The van der Waals surface area contributed by atoms with Crippen molar-refractivity contribution in [2.24, 2.45) is 11.8 Å². The lowest BCUT2D eigenvalue weighted by molar-refractivity contribution is 0.336. The van der Waals surface area contributed by atoms with E-state index in [4.69, 9.17) is 0 Å². The van der Waals surface area contributed by atoms with Gasteiger partial charge in [-0.2, -0.15) is 0 Å². The van der Waals surface area contributed by atoms with Crippen molar-refractivity contribution in [3.63, 3.8) is 0 Å². The maximum atomic E-state index is 2.42. The largest absolute Gasteiger partial charge is 0.0654 e. The van der Waals surface area contributed by atoms with Crippen LogP contribution in [0.4, 0.5) is 0 Å². The van der Waals surface area contributed by atoms with E-state index in [1.165, 1.54) is 51.4 Å². The Labute approximate surface area is 91.5 Å². The molecule has 0 amide bonds. The van der Waals surface area contributed by atoms with Crippen molar-refractivity contribution in [3.05, 3.63) is 0 Å². The van der Waals surface area contributed by atoms with Crippen LogP contribution in [0.3, 0.4) is 0 Å². The van der Waals surface area contributed by atoms with Crippen molar-refractivity contribution in [2.75, 3.05) is 0 Å². The molecule has 0 spiro atoms. The van der Waals surface area contributed by atoms with Crippen LogP contribution in [-0.4, -0.2) is 0 Å². The van der Waals surface area contributed by atoms with Gasteiger partial charge < -0.3 is 0 Å². The van der Waals surface area contributed by atoms with Crippen LogP contribution in [-0.2, 0) is 0 Å². The molecule has 0 bridgehead atoms. The minimum absolute atomic E-state index is 0.951. The average Bonchev–Trinajstić information content (AvgIpc) is 2.17. The fourth-order valence-electron chi connectivity index (χ4n) is 2.35. The van der Waals surface area contributed by atoms with Crippen molar-refractivity contribution in [1.82, 2.24) is 0 Å². The first-order chi connectivity index (χ1) is 6.74. The topological polar surface area (TPSA) is 0 Å². The first-order valence-electron chi connectivity index (χ1n) is 6.74. The van der Waals surface area contributed by atoms with E-state index >= 15 is 0 Å². The van der Waals surface area contributed by atoms with E-state index in [1.54, 1.807) is 0 Å². The molecule has 2 unspecified atom stereocenters. The van der Waals surface area contributed by atoms with Gasteiger partial charge >= 0.3 is 0 Å². The van der Waals surface area contributed by atoms with Crippen LogP contribution >= 0.6 is 0 Å². The third kappa shape index (κ3) is 7.41. The molecule has 0 heteroatoms. The smallest absolute Gasteiger partial charge is 0.0414 e. The summed E-state index contributed by atoms with van der Waals surface area (Å²) in [5, 5.41) is 0. The predicted molar refractivity (Wildman–Crippen MR) is 66.6 cm³/mol. The molecule has 2 atom stereocenters. The van der Waals surface area contributed by atoms with Gasteiger partial charge in [0, 0.05) is 0 Å². The third-order valence-electron chi connectivity index (χ3n) is 3.31. The summed E-state index contributed by atoms with van der Waals surface area (Å²) in [4.78, 5) is 0. The van der Waals surface area contributed by atoms with E-state index in [0.29, 0.717) is 0 Å². The Hall–Kier alpha value is 0. The van der Waals surface area contributed by atoms with E-state index in [-0.39, 0.29) is 0 Å². The molecule has 0 aliphatic carbocycles. The molecular weight excluding hydrogens is 168 g/mol. The summed E-state index contributed by atoms with van der Waals surface area (Å²) < 4.78 is 0. The van der Waals surface area contributed by atoms with E-state index < -0.39 is 0 Å². The predicted octanol–water partition coefficient (Wildman–Crippen LogP) is 5.42. The van der Waals surface area contributed by atoms with Gasteiger partial charge in [0.2, 0.25) is 0 Å². The normalized spacial score (nSPS) is 15.4. The average molecular weight is 198 g/mol. The summed E-state index contributed by atoms with van der Waals surface area (Å²) in [6.07, 6.45) is 11.3. The Kier molecular flexibility index (Phi) is 9.55. The van der Waals surface area contributed by atoms with E-state index in [0.717, 1.165) is 11.8 Å². The molecule has 0 heterocycles. The van der Waals surface area contributed by atoms with Crippen LogP contribution in [0.15, 0.2) is 0 Å². The summed E-state index contributed by atoms with van der Waals surface area (Å²) in [7, 11) is 0. The zero-order valence-corrected chi connectivity index (χ0v) is 10.8. The second kappa shape index (κ2) is 9.55. The molecule has 86 valence electrons. The number of hydrogen-bond acceptors (Lipinski definition) is 0. The number of unbranched alkanes of at least 4 members (excludes halogenated alkanes) is 2. The lowest BCUT2D eigenvalue weighted by Gasteiger charge is -2.19. The fourth-order valence-corrected chi connectivity index (χ4v) is 2.35. The Morgan fingerprint density at radius 3 is 2.07 bits per heavy atom. The van der Waals surface area contributed by atoms with Gasteiger partial charge in [-0.3, -0.25) is 0 Å². The van der Waals surface area contributed by atoms with Crippen LogP contribution in [0.1, 0.15) is 79.1 Å². The zero-order chi connectivity index (χ0) is 10.8. The van der Waals surface area contributed by atoms with Gasteiger partial charge in [-0.05, 0) is 18.3 Å². The molecule has 0 aromatic rings. The minimum Gasteiger partial charge on any atom is -0.0654 e. The summed E-state index contributed by atoms with van der Waals surface area (Å²) in [5.41, 5.74) is 0. The molecule has 14 heavy (non-hydrogen) atoms. The van der Waals surface area contributed by atoms with Crippen LogP contribution in [0.5, 0.6) is 0 Å². The molecule has 0 saturated carbocycles. The van der Waals surface area contributed by atoms with Crippen molar-refractivity contribution < 1.29 is 0 Å². The van der Waals surface area contributed by atoms with Crippen LogP contribution in [0.25, 0.3) is 0 Å². The van der Waals surface area contributed by atoms with Gasteiger partial charge in [-0.1, -0.05) is 72.6 Å². The SMILES string of the molecule is CCCCCC(CC)CC(C)CCC. The Morgan fingerprint density at radius 1 is 0.857 bits per heavy atom. The quantitative estimate of drug-likeness (QED) is 0.434. The molecule has 0 aromatic heterocycles. The van der Waals surface area contributed by atoms with Crippen molar-refractivity contribution in [1.29, 1.82) is 0 Å². The summed E-state index contributed by atoms with van der Waals surface area (Å²) in [5.74, 6) is 1.95. The molecule has 0 aliphatic rings. The van der Waals surface area contributed by atoms with E-state index in [9.17, 15) is 0 Å². The molecule has 0 fully saturated rings. The maximum Gasteiger partial charge on any atom is -0.0414 e. The highest BCUT2D eigenvalue weighted by Gasteiger charge is 2.10. The summed E-state index contributed by atoms with van der Waals surface area (Å²) >= 11 is 0. The van der Waals surface area contributed by atoms with Gasteiger partial charge in [-0.15, -0.1) is 0 Å². The molecule has 0 N–H and O–H groups in total. The second-order valence-electron chi connectivity index (χ2n) is 4.90. The molecule has 0 radical (unpaired) electrons. The fraction of sp³-hybridized carbons (Fsp3) is 1.00. The van der Waals surface area contributed by atoms with Crippen LogP contribution in [0, 0.1) is 11.8 Å². The summed E-state index contributed by atoms with van der Waals surface area (Å²) in [6.45, 7) is 9.37. The van der Waals surface area contributed by atoms with Crippen LogP contribution < -0.4 is 0 Å². The minimum atomic E-state index is 0.951. The van der Waals surface area contributed by atoms with Crippen molar-refractivity contribution >= 4 is 0 Å². The van der Waals surface area contributed by atoms with Gasteiger partial charge in [0.1, 0.15) is 0 Å². The molecular formula is C14H30. The molecule has 0 aromatic carbocycles. The molecule has 0 aliphatic heterocycles. The third-order valence-corrected chi connectivity index (χ3v) is 3.31. The molecule has 0 rings (SSSR count). The standard InChI is InChI=1S/C14H30/c1-5-8-9-11-14(7-3)12-13(4)10-6-2/h13-14H,5-12H2,1-4H3. The number of hydrogen-bond donors (Lipinski definition) is 0. The Bertz CT molecular complexity index is 107. The van der Waals surface area contributed by atoms with E-state index in [1.807, 2.05) is 0 Å². The van der Waals surface area contributed by atoms with Gasteiger partial charge in [0.15, 0.2) is 0 Å². The highest BCUT2D eigenvalue weighted by Crippen LogP contribution is 2.24. The first kappa shape index (κ1) is 14.0. The molecule has 0 nitrogen and oxygen atoms in total.